The molecule has 0 radical (unpaired) electrons. The van der Waals surface area contributed by atoms with Crippen molar-refractivity contribution < 1.29 is 13.2 Å². The molecule has 0 spiro atoms. The summed E-state index contributed by atoms with van der Waals surface area (Å²) < 4.78 is 26.0. The van der Waals surface area contributed by atoms with Crippen molar-refractivity contribution in [2.75, 3.05) is 18.1 Å². The molecular weight excluding hydrogens is 334 g/mol. The normalized spacial score (nSPS) is 19.8. The number of aryl methyl sites for hydroxylation is 1. The fourth-order valence-electron chi connectivity index (χ4n) is 2.89. The number of carbonyl (C=O) groups is 1. The third kappa shape index (κ3) is 3.39. The van der Waals surface area contributed by atoms with Crippen LogP contribution >= 0.6 is 11.3 Å². The lowest BCUT2D eigenvalue weighted by atomic mass is 10.0. The molecule has 0 aliphatic carbocycles. The van der Waals surface area contributed by atoms with Crippen molar-refractivity contribution in [2.45, 2.75) is 32.2 Å². The quantitative estimate of drug-likeness (QED) is 0.919. The maximum Gasteiger partial charge on any atom is 0.244 e. The van der Waals surface area contributed by atoms with E-state index in [1.165, 1.54) is 15.6 Å². The van der Waals surface area contributed by atoms with E-state index in [1.807, 2.05) is 25.1 Å². The van der Waals surface area contributed by atoms with Gasteiger partial charge in [-0.25, -0.2) is 13.4 Å². The Labute approximate surface area is 139 Å². The van der Waals surface area contributed by atoms with Gasteiger partial charge in [0.15, 0.2) is 5.13 Å². The van der Waals surface area contributed by atoms with Gasteiger partial charge in [-0.2, -0.15) is 4.31 Å². The Kier molecular flexibility index (Phi) is 4.39. The minimum absolute atomic E-state index is 0.299. The Balaban J connectivity index is 1.83. The fraction of sp³-hybridized carbons (Fsp3) is 0.467. The van der Waals surface area contributed by atoms with Gasteiger partial charge in [0.1, 0.15) is 6.04 Å². The highest BCUT2D eigenvalue weighted by Crippen LogP contribution is 2.29. The molecule has 1 saturated heterocycles. The topological polar surface area (TPSA) is 79.4 Å². The van der Waals surface area contributed by atoms with Crippen molar-refractivity contribution in [1.29, 1.82) is 0 Å². The molecule has 1 aromatic carbocycles. The average Bonchev–Trinajstić information content (AvgIpc) is 2.90. The molecule has 3 rings (SSSR count). The van der Waals surface area contributed by atoms with Crippen LogP contribution in [0, 0.1) is 6.92 Å². The van der Waals surface area contributed by atoms with Crippen LogP contribution in [0.3, 0.4) is 0 Å². The second-order valence-electron chi connectivity index (χ2n) is 5.82. The number of hydrogen-bond donors (Lipinski definition) is 1. The zero-order chi connectivity index (χ0) is 16.6. The minimum Gasteiger partial charge on any atom is -0.301 e. The van der Waals surface area contributed by atoms with Crippen LogP contribution in [0.5, 0.6) is 0 Å². The summed E-state index contributed by atoms with van der Waals surface area (Å²) in [6.07, 6.45) is 3.34. The fourth-order valence-corrected chi connectivity index (χ4v) is 4.96. The predicted molar refractivity (Wildman–Crippen MR) is 92.2 cm³/mol. The van der Waals surface area contributed by atoms with Crippen molar-refractivity contribution in [2.24, 2.45) is 0 Å². The smallest absolute Gasteiger partial charge is 0.244 e. The number of sulfonamides is 1. The van der Waals surface area contributed by atoms with E-state index in [-0.39, 0.29) is 5.91 Å². The summed E-state index contributed by atoms with van der Waals surface area (Å²) in [5.74, 6) is -0.299. The van der Waals surface area contributed by atoms with Gasteiger partial charge in [0, 0.05) is 6.54 Å². The summed E-state index contributed by atoms with van der Waals surface area (Å²) in [6, 6.07) is 5.24. The number of aromatic nitrogens is 1. The monoisotopic (exact) mass is 353 g/mol. The van der Waals surface area contributed by atoms with Gasteiger partial charge in [-0.05, 0) is 31.4 Å². The van der Waals surface area contributed by atoms with Crippen LogP contribution in [0.15, 0.2) is 18.2 Å². The molecule has 1 atom stereocenters. The number of piperidine rings is 1. The highest BCUT2D eigenvalue weighted by atomic mass is 32.2. The lowest BCUT2D eigenvalue weighted by Crippen LogP contribution is -2.49. The van der Waals surface area contributed by atoms with Gasteiger partial charge in [0.05, 0.1) is 16.5 Å². The minimum atomic E-state index is -3.39. The molecule has 1 aliphatic rings. The number of fused-ring (bicyclic) bond motifs is 1. The Morgan fingerprint density at radius 1 is 1.39 bits per heavy atom. The van der Waals surface area contributed by atoms with Gasteiger partial charge < -0.3 is 5.32 Å². The average molecular weight is 353 g/mol. The largest absolute Gasteiger partial charge is 0.301 e. The van der Waals surface area contributed by atoms with Crippen molar-refractivity contribution in [3.05, 3.63) is 23.8 Å². The second kappa shape index (κ2) is 6.18. The molecule has 1 unspecified atom stereocenters. The molecule has 23 heavy (non-hydrogen) atoms. The molecule has 0 bridgehead atoms. The molecule has 2 heterocycles. The van der Waals surface area contributed by atoms with Crippen LogP contribution in [0.25, 0.3) is 10.2 Å². The highest BCUT2D eigenvalue weighted by molar-refractivity contribution is 7.88. The maximum absolute atomic E-state index is 12.5. The third-order valence-corrected chi connectivity index (χ3v) is 6.26. The molecule has 1 N–H and O–H groups in total. The number of para-hydroxylation sites is 1. The van der Waals surface area contributed by atoms with Crippen molar-refractivity contribution in [1.82, 2.24) is 9.29 Å². The van der Waals surface area contributed by atoms with Crippen molar-refractivity contribution in [3.8, 4) is 0 Å². The number of nitrogens with zero attached hydrogens (tertiary/aromatic N) is 2. The first-order valence-electron chi connectivity index (χ1n) is 7.50. The van der Waals surface area contributed by atoms with Gasteiger partial charge in [0.2, 0.25) is 15.9 Å². The van der Waals surface area contributed by atoms with E-state index in [0.29, 0.717) is 18.1 Å². The van der Waals surface area contributed by atoms with Crippen LogP contribution in [-0.2, 0) is 14.8 Å². The molecular formula is C15H19N3O3S2. The number of benzene rings is 1. The van der Waals surface area contributed by atoms with E-state index in [2.05, 4.69) is 10.3 Å². The number of anilines is 1. The molecule has 0 saturated carbocycles. The van der Waals surface area contributed by atoms with E-state index in [9.17, 15) is 13.2 Å². The van der Waals surface area contributed by atoms with E-state index in [4.69, 9.17) is 0 Å². The van der Waals surface area contributed by atoms with Crippen LogP contribution in [0.4, 0.5) is 5.13 Å². The third-order valence-electron chi connectivity index (χ3n) is 4.03. The summed E-state index contributed by atoms with van der Waals surface area (Å²) in [7, 11) is -3.39. The van der Waals surface area contributed by atoms with Gasteiger partial charge >= 0.3 is 0 Å². The molecule has 8 heteroatoms. The van der Waals surface area contributed by atoms with Crippen LogP contribution < -0.4 is 5.32 Å². The summed E-state index contributed by atoms with van der Waals surface area (Å²) in [4.78, 5) is 17.0. The second-order valence-corrected chi connectivity index (χ2v) is 8.78. The number of nitrogens with one attached hydrogen (secondary N) is 1. The SMILES string of the molecule is Cc1cccc2sc(NC(=O)C3CCCCN3S(C)(=O)=O)nc12. The maximum atomic E-state index is 12.5. The van der Waals surface area contributed by atoms with Gasteiger partial charge in [-0.15, -0.1) is 0 Å². The molecule has 1 amide bonds. The van der Waals surface area contributed by atoms with E-state index < -0.39 is 16.1 Å². The first-order valence-corrected chi connectivity index (χ1v) is 10.2. The van der Waals surface area contributed by atoms with E-state index in [0.717, 1.165) is 34.9 Å². The summed E-state index contributed by atoms with van der Waals surface area (Å²) in [5, 5.41) is 3.31. The number of amides is 1. The standard InChI is InChI=1S/C15H19N3O3S2/c1-10-6-5-8-12-13(10)16-15(22-12)17-14(19)11-7-3-4-9-18(11)23(2,20)21/h5-6,8,11H,3-4,7,9H2,1-2H3,(H,16,17,19). The van der Waals surface area contributed by atoms with Gasteiger partial charge in [0.25, 0.3) is 0 Å². The summed E-state index contributed by atoms with van der Waals surface area (Å²) in [6.45, 7) is 2.37. The number of rotatable bonds is 3. The molecule has 1 fully saturated rings. The highest BCUT2D eigenvalue weighted by Gasteiger charge is 2.34. The number of carbonyl (C=O) groups excluding carboxylic acids is 1. The lowest BCUT2D eigenvalue weighted by Gasteiger charge is -2.32. The van der Waals surface area contributed by atoms with Crippen molar-refractivity contribution in [3.63, 3.8) is 0 Å². The van der Waals surface area contributed by atoms with Crippen LogP contribution in [-0.4, -0.2) is 42.5 Å². The zero-order valence-corrected chi connectivity index (χ0v) is 14.7. The Morgan fingerprint density at radius 2 is 2.17 bits per heavy atom. The molecule has 1 aliphatic heterocycles. The molecule has 1 aromatic heterocycles. The summed E-state index contributed by atoms with van der Waals surface area (Å²) in [5.41, 5.74) is 1.92. The van der Waals surface area contributed by atoms with Gasteiger partial charge in [-0.3, -0.25) is 4.79 Å². The van der Waals surface area contributed by atoms with Crippen LogP contribution in [0.1, 0.15) is 24.8 Å². The Bertz CT molecular complexity index is 845. The Hall–Kier alpha value is -1.51. The molecule has 2 aromatic rings. The summed E-state index contributed by atoms with van der Waals surface area (Å²) >= 11 is 1.40. The van der Waals surface area contributed by atoms with E-state index in [1.54, 1.807) is 0 Å². The van der Waals surface area contributed by atoms with Crippen molar-refractivity contribution >= 4 is 42.6 Å². The number of thiazole rings is 1. The first-order chi connectivity index (χ1) is 10.9. The first kappa shape index (κ1) is 16.4. The number of hydrogen-bond acceptors (Lipinski definition) is 5. The van der Waals surface area contributed by atoms with Gasteiger partial charge in [-0.1, -0.05) is 29.9 Å². The van der Waals surface area contributed by atoms with Crippen LogP contribution in [0.2, 0.25) is 0 Å². The lowest BCUT2D eigenvalue weighted by molar-refractivity contribution is -0.120. The molecule has 6 nitrogen and oxygen atoms in total. The Morgan fingerprint density at radius 3 is 2.87 bits per heavy atom. The predicted octanol–water partition coefficient (Wildman–Crippen LogP) is 2.36. The molecule has 124 valence electrons. The zero-order valence-electron chi connectivity index (χ0n) is 13.1. The van der Waals surface area contributed by atoms with E-state index >= 15 is 0 Å².